The third-order valence-corrected chi connectivity index (χ3v) is 7.84. The van der Waals surface area contributed by atoms with Crippen molar-refractivity contribution in [2.24, 2.45) is 0 Å². The van der Waals surface area contributed by atoms with Gasteiger partial charge in [0.05, 0.1) is 10.6 Å². The summed E-state index contributed by atoms with van der Waals surface area (Å²) in [5.74, 6) is 0.886. The summed E-state index contributed by atoms with van der Waals surface area (Å²) in [5.41, 5.74) is 0.725. The molecule has 1 saturated heterocycles. The lowest BCUT2D eigenvalue weighted by Gasteiger charge is -2.33. The number of amides is 1. The second kappa shape index (κ2) is 7.65. The Labute approximate surface area is 154 Å². The summed E-state index contributed by atoms with van der Waals surface area (Å²) in [6, 6.07) is 5.20. The molecule has 0 N–H and O–H groups in total. The highest BCUT2D eigenvalue weighted by atomic mass is 32.2. The van der Waals surface area contributed by atoms with Crippen LogP contribution in [0.4, 0.5) is 5.69 Å². The van der Waals surface area contributed by atoms with Crippen molar-refractivity contribution in [3.8, 4) is 0 Å². The largest absolute Gasteiger partial charge is 0.311 e. The molecule has 138 valence electrons. The molecule has 2 aliphatic heterocycles. The molecule has 0 aliphatic carbocycles. The topological polar surface area (TPSA) is 60.9 Å². The number of benzene rings is 1. The molecule has 2 heterocycles. The van der Waals surface area contributed by atoms with Crippen molar-refractivity contribution >= 4 is 33.4 Å². The number of likely N-dealkylation sites (N-methyl/N-ethyl adjacent to an activating group) is 1. The molecule has 25 heavy (non-hydrogen) atoms. The van der Waals surface area contributed by atoms with Gasteiger partial charge in [0.15, 0.2) is 0 Å². The van der Waals surface area contributed by atoms with Crippen molar-refractivity contribution in [1.29, 1.82) is 0 Å². The maximum Gasteiger partial charge on any atom is 0.243 e. The smallest absolute Gasteiger partial charge is 0.243 e. The number of hydrogen-bond donors (Lipinski definition) is 0. The molecule has 0 unspecified atom stereocenters. The molecule has 0 saturated carbocycles. The first-order chi connectivity index (χ1) is 11.9. The van der Waals surface area contributed by atoms with Crippen LogP contribution < -0.4 is 4.90 Å². The van der Waals surface area contributed by atoms with Crippen molar-refractivity contribution in [3.63, 3.8) is 0 Å². The molecule has 0 aromatic heterocycles. The molecule has 1 aromatic carbocycles. The Morgan fingerprint density at radius 2 is 1.88 bits per heavy atom. The SMILES string of the molecule is CCN1CCN(S(=O)(=O)c2ccc3c(c2)N(C(C)=O)CCCS3)CC1. The molecular formula is C17H25N3O3S2. The zero-order valence-electron chi connectivity index (χ0n) is 14.8. The number of anilines is 1. The van der Waals surface area contributed by atoms with Gasteiger partial charge in [-0.2, -0.15) is 4.31 Å². The van der Waals surface area contributed by atoms with Crippen molar-refractivity contribution in [2.45, 2.75) is 30.1 Å². The van der Waals surface area contributed by atoms with Crippen LogP contribution >= 0.6 is 11.8 Å². The van der Waals surface area contributed by atoms with E-state index < -0.39 is 10.0 Å². The van der Waals surface area contributed by atoms with E-state index in [1.807, 2.05) is 6.07 Å². The maximum atomic E-state index is 13.0. The fourth-order valence-electron chi connectivity index (χ4n) is 3.28. The van der Waals surface area contributed by atoms with Gasteiger partial charge in [-0.15, -0.1) is 11.8 Å². The summed E-state index contributed by atoms with van der Waals surface area (Å²) in [7, 11) is -3.53. The highest BCUT2D eigenvalue weighted by molar-refractivity contribution is 7.99. The second-order valence-electron chi connectivity index (χ2n) is 6.34. The summed E-state index contributed by atoms with van der Waals surface area (Å²) >= 11 is 1.68. The number of thioether (sulfide) groups is 1. The second-order valence-corrected chi connectivity index (χ2v) is 9.42. The van der Waals surface area contributed by atoms with Crippen LogP contribution in [0.1, 0.15) is 20.3 Å². The summed E-state index contributed by atoms with van der Waals surface area (Å²) < 4.78 is 27.6. The van der Waals surface area contributed by atoms with Crippen LogP contribution in [0, 0.1) is 0 Å². The molecule has 0 bridgehead atoms. The van der Waals surface area contributed by atoms with Gasteiger partial charge in [-0.1, -0.05) is 6.92 Å². The van der Waals surface area contributed by atoms with Crippen molar-refractivity contribution in [1.82, 2.24) is 9.21 Å². The molecule has 3 rings (SSSR count). The third-order valence-electron chi connectivity index (χ3n) is 4.80. The van der Waals surface area contributed by atoms with Gasteiger partial charge in [-0.05, 0) is 36.9 Å². The van der Waals surface area contributed by atoms with Crippen LogP contribution in [0.15, 0.2) is 28.0 Å². The van der Waals surface area contributed by atoms with Crippen molar-refractivity contribution < 1.29 is 13.2 Å². The number of nitrogens with zero attached hydrogens (tertiary/aromatic N) is 3. The van der Waals surface area contributed by atoms with Crippen LogP contribution in [-0.2, 0) is 14.8 Å². The standard InChI is InChI=1S/C17H25N3O3S2/c1-3-18-8-10-19(11-9-18)25(22,23)15-5-6-17-16(13-15)20(14(2)21)7-4-12-24-17/h5-6,13H,3-4,7-12H2,1-2H3. The maximum absolute atomic E-state index is 13.0. The van der Waals surface area contributed by atoms with Gasteiger partial charge in [0.25, 0.3) is 0 Å². The van der Waals surface area contributed by atoms with Gasteiger partial charge in [0.1, 0.15) is 0 Å². The van der Waals surface area contributed by atoms with E-state index in [-0.39, 0.29) is 10.8 Å². The number of fused-ring (bicyclic) bond motifs is 1. The molecule has 1 amide bonds. The molecule has 1 aromatic rings. The molecule has 0 radical (unpaired) electrons. The van der Waals surface area contributed by atoms with E-state index in [2.05, 4.69) is 11.8 Å². The van der Waals surface area contributed by atoms with Gasteiger partial charge < -0.3 is 9.80 Å². The van der Waals surface area contributed by atoms with E-state index >= 15 is 0 Å². The third kappa shape index (κ3) is 3.86. The Kier molecular flexibility index (Phi) is 5.72. The summed E-state index contributed by atoms with van der Waals surface area (Å²) in [5, 5.41) is 0. The Morgan fingerprint density at radius 3 is 2.52 bits per heavy atom. The molecule has 6 nitrogen and oxygen atoms in total. The lowest BCUT2D eigenvalue weighted by molar-refractivity contribution is -0.116. The number of carbonyl (C=O) groups excluding carboxylic acids is 1. The van der Waals surface area contributed by atoms with E-state index in [1.165, 1.54) is 6.92 Å². The molecule has 2 aliphatic rings. The van der Waals surface area contributed by atoms with E-state index in [9.17, 15) is 13.2 Å². The fourth-order valence-corrected chi connectivity index (χ4v) is 5.70. The minimum atomic E-state index is -3.53. The molecular weight excluding hydrogens is 358 g/mol. The first-order valence-corrected chi connectivity index (χ1v) is 11.1. The minimum Gasteiger partial charge on any atom is -0.311 e. The van der Waals surface area contributed by atoms with Crippen LogP contribution in [0.25, 0.3) is 0 Å². The van der Waals surface area contributed by atoms with Crippen LogP contribution in [0.5, 0.6) is 0 Å². The predicted molar refractivity (Wildman–Crippen MR) is 101 cm³/mol. The van der Waals surface area contributed by atoms with Crippen LogP contribution in [0.3, 0.4) is 0 Å². The highest BCUT2D eigenvalue weighted by Gasteiger charge is 2.29. The molecule has 1 fully saturated rings. The summed E-state index contributed by atoms with van der Waals surface area (Å²) in [4.78, 5) is 17.2. The molecule has 0 atom stereocenters. The first-order valence-electron chi connectivity index (χ1n) is 8.71. The Balaban J connectivity index is 1.91. The predicted octanol–water partition coefficient (Wildman–Crippen LogP) is 1.86. The van der Waals surface area contributed by atoms with E-state index in [0.717, 1.165) is 42.4 Å². The van der Waals surface area contributed by atoms with Gasteiger partial charge in [0, 0.05) is 44.5 Å². The lowest BCUT2D eigenvalue weighted by atomic mass is 10.2. The molecule has 8 heteroatoms. The van der Waals surface area contributed by atoms with Gasteiger partial charge in [-0.3, -0.25) is 4.79 Å². The van der Waals surface area contributed by atoms with E-state index in [4.69, 9.17) is 0 Å². The van der Waals surface area contributed by atoms with Crippen molar-refractivity contribution in [2.75, 3.05) is 49.9 Å². The summed E-state index contributed by atoms with van der Waals surface area (Å²) in [6.07, 6.45) is 0.903. The Morgan fingerprint density at radius 1 is 1.16 bits per heavy atom. The zero-order valence-corrected chi connectivity index (χ0v) is 16.4. The quantitative estimate of drug-likeness (QED) is 0.797. The number of hydrogen-bond acceptors (Lipinski definition) is 5. The molecule has 0 spiro atoms. The zero-order chi connectivity index (χ0) is 18.0. The fraction of sp³-hybridized carbons (Fsp3) is 0.588. The normalized spacial score (nSPS) is 20.2. The first kappa shape index (κ1) is 18.7. The van der Waals surface area contributed by atoms with E-state index in [0.29, 0.717) is 19.6 Å². The number of rotatable bonds is 3. The highest BCUT2D eigenvalue weighted by Crippen LogP contribution is 2.36. The van der Waals surface area contributed by atoms with Crippen LogP contribution in [-0.4, -0.2) is 68.6 Å². The van der Waals surface area contributed by atoms with E-state index in [1.54, 1.807) is 33.1 Å². The monoisotopic (exact) mass is 383 g/mol. The number of piperazine rings is 1. The van der Waals surface area contributed by atoms with Crippen molar-refractivity contribution in [3.05, 3.63) is 18.2 Å². The van der Waals surface area contributed by atoms with Crippen LogP contribution in [0.2, 0.25) is 0 Å². The summed E-state index contributed by atoms with van der Waals surface area (Å²) in [6.45, 7) is 7.74. The number of carbonyl (C=O) groups is 1. The van der Waals surface area contributed by atoms with Gasteiger partial charge >= 0.3 is 0 Å². The average Bonchev–Trinajstić information content (AvgIpc) is 2.83. The lowest BCUT2D eigenvalue weighted by Crippen LogP contribution is -2.48. The average molecular weight is 384 g/mol. The van der Waals surface area contributed by atoms with Gasteiger partial charge in [-0.25, -0.2) is 8.42 Å². The number of sulfonamides is 1. The van der Waals surface area contributed by atoms with Gasteiger partial charge in [0.2, 0.25) is 15.9 Å². The Hall–Kier alpha value is -1.09. The minimum absolute atomic E-state index is 0.0464. The Bertz CT molecular complexity index is 744.